The minimum absolute atomic E-state index is 0. The van der Waals surface area contributed by atoms with Crippen molar-refractivity contribution in [1.29, 1.82) is 0 Å². The van der Waals surface area contributed by atoms with Crippen LogP contribution in [0.1, 0.15) is 91.4 Å². The van der Waals surface area contributed by atoms with Crippen LogP contribution >= 0.6 is 0 Å². The van der Waals surface area contributed by atoms with Crippen molar-refractivity contribution in [1.82, 2.24) is 9.55 Å². The Morgan fingerprint density at radius 3 is 1.94 bits per heavy atom. The first-order valence-electron chi connectivity index (χ1n) is 25.1. The fourth-order valence-corrected chi connectivity index (χ4v) is 8.75. The van der Waals surface area contributed by atoms with E-state index in [9.17, 15) is 0 Å². The maximum Gasteiger partial charge on any atom is 0.135 e. The third kappa shape index (κ3) is 8.83. The number of ether oxygens (including phenoxy) is 1. The van der Waals surface area contributed by atoms with E-state index in [0.29, 0.717) is 28.4 Å². The summed E-state index contributed by atoms with van der Waals surface area (Å²) in [5.41, 5.74) is 13.0. The summed E-state index contributed by atoms with van der Waals surface area (Å²) in [5, 5.41) is 1.96. The zero-order chi connectivity index (χ0) is 50.5. The average molecular weight is 1060 g/mol. The van der Waals surface area contributed by atoms with E-state index < -0.39 is 6.04 Å². The van der Waals surface area contributed by atoms with Gasteiger partial charge in [-0.1, -0.05) is 153 Å². The van der Waals surface area contributed by atoms with Crippen molar-refractivity contribution in [2.45, 2.75) is 85.5 Å². The van der Waals surface area contributed by atoms with Gasteiger partial charge >= 0.3 is 0 Å². The Morgan fingerprint density at radius 2 is 1.25 bits per heavy atom. The third-order valence-corrected chi connectivity index (χ3v) is 12.6. The second kappa shape index (κ2) is 17.3. The molecule has 0 saturated heterocycles. The van der Waals surface area contributed by atoms with Crippen LogP contribution in [0.5, 0.6) is 11.5 Å². The van der Waals surface area contributed by atoms with E-state index in [-0.39, 0.29) is 67.0 Å². The van der Waals surface area contributed by atoms with Gasteiger partial charge in [-0.2, -0.15) is 12.1 Å². The van der Waals surface area contributed by atoms with Crippen LogP contribution in [0.2, 0.25) is 0 Å². The van der Waals surface area contributed by atoms with Crippen molar-refractivity contribution >= 4 is 44.6 Å². The molecule has 67 heavy (non-hydrogen) atoms. The number of anilines is 4. The quantitative estimate of drug-likeness (QED) is 0.149. The second-order valence-electron chi connectivity index (χ2n) is 20.5. The van der Waals surface area contributed by atoms with Gasteiger partial charge in [0.25, 0.3) is 0 Å². The van der Waals surface area contributed by atoms with Crippen LogP contribution in [0.4, 0.5) is 22.7 Å². The monoisotopic (exact) mass is 1060 g/mol. The third-order valence-electron chi connectivity index (χ3n) is 12.6. The number of pyridine rings is 1. The molecule has 0 unspecified atom stereocenters. The molecule has 0 atom stereocenters. The Balaban J connectivity index is 0.00000640. The summed E-state index contributed by atoms with van der Waals surface area (Å²) in [6.07, 6.45) is 1.59. The Labute approximate surface area is 418 Å². The molecular formula is C61H57N4OPt-3. The van der Waals surface area contributed by atoms with E-state index in [4.69, 9.17) is 16.6 Å². The minimum Gasteiger partial charge on any atom is -0.509 e. The van der Waals surface area contributed by atoms with Crippen molar-refractivity contribution in [2.24, 2.45) is 0 Å². The van der Waals surface area contributed by atoms with E-state index in [1.165, 1.54) is 16.7 Å². The van der Waals surface area contributed by atoms with Crippen LogP contribution < -0.4 is 14.5 Å². The van der Waals surface area contributed by atoms with Crippen molar-refractivity contribution < 1.29 is 32.7 Å². The summed E-state index contributed by atoms with van der Waals surface area (Å²) >= 11 is 0. The molecule has 1 aliphatic heterocycles. The normalized spacial score (nSPS) is 14.0. The molecular weight excluding hydrogens is 1000 g/mol. The van der Waals surface area contributed by atoms with E-state index >= 15 is 0 Å². The van der Waals surface area contributed by atoms with Crippen LogP contribution in [0, 0.1) is 25.7 Å². The number of aryl methyl sites for hydroxylation is 1. The minimum atomic E-state index is -0.430. The molecule has 7 aromatic carbocycles. The predicted molar refractivity (Wildman–Crippen MR) is 276 cm³/mol. The van der Waals surface area contributed by atoms with Crippen LogP contribution in [-0.2, 0) is 37.3 Å². The number of hydrogen-bond donors (Lipinski definition) is 0. The topological polar surface area (TPSA) is 33.5 Å². The standard InChI is InChI=1S/C61H57N4O.Pt/c1-40-31-58(62-38-53(40)42-17-12-11-13-18-42)65-54-22-15-14-21-51(54)52-29-28-50(37-56(52)65)66-49-20-16-19-47(36-49)63-39-64(48-34-45(60(5,6)7)33-46(35-48)61(8,9)10)57-32-43(25-30-55(57)63)41-23-26-44(27-24-41)59(2,3)4;/h11-35,38-39H,1-10H3;/q-3;/i11D,12D,13D,17D,18D;. The molecule has 2 aromatic heterocycles. The number of aromatic nitrogens is 2. The summed E-state index contributed by atoms with van der Waals surface area (Å²) < 4.78 is 50.5. The number of nitrogens with zero attached hydrogens (tertiary/aromatic N) is 4. The fourth-order valence-electron chi connectivity index (χ4n) is 8.75. The zero-order valence-corrected chi connectivity index (χ0v) is 42.0. The average Bonchev–Trinajstić information content (AvgIpc) is 3.88. The Kier molecular flexibility index (Phi) is 10.3. The maximum atomic E-state index is 8.61. The summed E-state index contributed by atoms with van der Waals surface area (Å²) in [6.45, 7) is 24.4. The molecule has 10 rings (SSSR count). The molecule has 1 aliphatic rings. The molecule has 0 spiro atoms. The molecule has 0 saturated carbocycles. The van der Waals surface area contributed by atoms with Gasteiger partial charge in [-0.15, -0.1) is 48.1 Å². The van der Waals surface area contributed by atoms with E-state index in [2.05, 4.69) is 164 Å². The van der Waals surface area contributed by atoms with Crippen molar-refractivity contribution in [2.75, 3.05) is 9.80 Å². The second-order valence-corrected chi connectivity index (χ2v) is 20.5. The number of rotatable bonds is 7. The predicted octanol–water partition coefficient (Wildman–Crippen LogP) is 16.5. The zero-order valence-electron chi connectivity index (χ0n) is 44.7. The molecule has 5 nitrogen and oxygen atoms in total. The van der Waals surface area contributed by atoms with Gasteiger partial charge < -0.3 is 19.1 Å². The van der Waals surface area contributed by atoms with Gasteiger partial charge in [0.1, 0.15) is 5.82 Å². The van der Waals surface area contributed by atoms with Crippen molar-refractivity contribution in [3.05, 3.63) is 199 Å². The van der Waals surface area contributed by atoms with Crippen molar-refractivity contribution in [3.8, 4) is 39.6 Å². The number of fused-ring (bicyclic) bond motifs is 4. The van der Waals surface area contributed by atoms with E-state index in [0.717, 1.165) is 55.7 Å². The number of para-hydroxylation sites is 1. The van der Waals surface area contributed by atoms with Crippen molar-refractivity contribution in [3.63, 3.8) is 0 Å². The molecule has 0 radical (unpaired) electrons. The SMILES string of the molecule is [2H]c1c([2H])c([2H])c(-c2cnc(-n3c4[c-]c(Oc5[c-]c(N6[CH-]N(c7cc(C(C)(C)C)cc(C(C)(C)C)c7)c7cc(-c8ccc(C(C)(C)C)cc8)ccc76)ccc5)ccc4c4ccccc43)cc2C)c([2H])c1[2H].[Pt]. The number of hydrogen-bond acceptors (Lipinski definition) is 4. The fraction of sp³-hybridized carbons (Fsp3) is 0.213. The first kappa shape index (κ1) is 39.7. The number of benzene rings is 7. The van der Waals surface area contributed by atoms with Gasteiger partial charge in [0.2, 0.25) is 0 Å². The first-order valence-corrected chi connectivity index (χ1v) is 22.6. The molecule has 6 heteroatoms. The molecule has 340 valence electrons. The molecule has 0 N–H and O–H groups in total. The molecule has 0 bridgehead atoms. The molecule has 9 aromatic rings. The summed E-state index contributed by atoms with van der Waals surface area (Å²) in [6, 6.07) is 47.9. The van der Waals surface area contributed by atoms with Gasteiger partial charge in [-0.3, -0.25) is 0 Å². The largest absolute Gasteiger partial charge is 0.509 e. The van der Waals surface area contributed by atoms with Gasteiger partial charge in [-0.25, -0.2) is 4.98 Å². The smallest absolute Gasteiger partial charge is 0.135 e. The molecule has 3 heterocycles. The van der Waals surface area contributed by atoms with Crippen LogP contribution in [0.15, 0.2) is 158 Å². The van der Waals surface area contributed by atoms with Gasteiger partial charge in [-0.05, 0) is 104 Å². The van der Waals surface area contributed by atoms with Crippen LogP contribution in [0.3, 0.4) is 0 Å². The van der Waals surface area contributed by atoms with Gasteiger partial charge in [0, 0.05) is 66.9 Å². The summed E-state index contributed by atoms with van der Waals surface area (Å²) in [7, 11) is 0. The van der Waals surface area contributed by atoms with E-state index in [1.54, 1.807) is 6.20 Å². The molecule has 0 aliphatic carbocycles. The van der Waals surface area contributed by atoms with Crippen LogP contribution in [0.25, 0.3) is 49.9 Å². The van der Waals surface area contributed by atoms with Gasteiger partial charge in [0.15, 0.2) is 0 Å². The molecule has 0 amide bonds. The maximum absolute atomic E-state index is 8.61. The summed E-state index contributed by atoms with van der Waals surface area (Å²) in [4.78, 5) is 9.34. The Bertz CT molecular complexity index is 3520. The first-order chi connectivity index (χ1) is 33.6. The van der Waals surface area contributed by atoms with Crippen LogP contribution in [-0.4, -0.2) is 9.55 Å². The Hall–Kier alpha value is -6.42. The summed E-state index contributed by atoms with van der Waals surface area (Å²) in [5.74, 6) is 1.60. The van der Waals surface area contributed by atoms with Gasteiger partial charge in [0.05, 0.1) is 6.85 Å². The molecule has 0 fully saturated rings. The van der Waals surface area contributed by atoms with E-state index in [1.807, 2.05) is 60.0 Å². The Morgan fingerprint density at radius 1 is 0.582 bits per heavy atom.